The molecule has 0 radical (unpaired) electrons. The average Bonchev–Trinajstić information content (AvgIpc) is 3.18. The number of ether oxygens (including phenoxy) is 1. The first-order chi connectivity index (χ1) is 15.4. The van der Waals surface area contributed by atoms with Gasteiger partial charge < -0.3 is 10.1 Å². The number of benzene rings is 2. The fourth-order valence-corrected chi connectivity index (χ4v) is 3.49. The van der Waals surface area contributed by atoms with Gasteiger partial charge in [-0.25, -0.2) is 4.39 Å². The molecule has 2 aromatic carbocycles. The van der Waals surface area contributed by atoms with Crippen LogP contribution in [0.1, 0.15) is 19.2 Å². The van der Waals surface area contributed by atoms with Gasteiger partial charge in [0.1, 0.15) is 17.4 Å². The van der Waals surface area contributed by atoms with E-state index >= 15 is 0 Å². The molecule has 0 bridgehead atoms. The number of carbonyl (C=O) groups is 1. The molecule has 8 nitrogen and oxygen atoms in total. The van der Waals surface area contributed by atoms with Crippen molar-refractivity contribution >= 4 is 17.2 Å². The molecule has 1 N–H and O–H groups in total. The number of halogens is 1. The normalized spacial score (nSPS) is 12.0. The van der Waals surface area contributed by atoms with E-state index in [1.54, 1.807) is 54.2 Å². The maximum Gasteiger partial charge on any atom is 0.300 e. The lowest BCUT2D eigenvalue weighted by Gasteiger charge is -2.11. The van der Waals surface area contributed by atoms with E-state index in [0.29, 0.717) is 29.4 Å². The number of carbonyl (C=O) groups excluding carboxylic acids is 1. The zero-order valence-electron chi connectivity index (χ0n) is 17.7. The summed E-state index contributed by atoms with van der Waals surface area (Å²) in [5, 5.41) is 11.0. The topological polar surface area (TPSA) is 90.5 Å². The van der Waals surface area contributed by atoms with Crippen LogP contribution in [-0.4, -0.2) is 32.2 Å². The Morgan fingerprint density at radius 3 is 2.66 bits per heavy atom. The molecule has 0 saturated heterocycles. The highest BCUT2D eigenvalue weighted by Crippen LogP contribution is 2.17. The summed E-state index contributed by atoms with van der Waals surface area (Å²) in [6.07, 6.45) is 3.96. The van der Waals surface area contributed by atoms with Gasteiger partial charge in [-0.1, -0.05) is 13.0 Å². The predicted molar refractivity (Wildman–Crippen MR) is 118 cm³/mol. The van der Waals surface area contributed by atoms with Crippen LogP contribution in [0.4, 0.5) is 10.1 Å². The Kier molecular flexibility index (Phi) is 5.98. The van der Waals surface area contributed by atoms with Crippen LogP contribution in [0.3, 0.4) is 0 Å². The van der Waals surface area contributed by atoms with Crippen molar-refractivity contribution in [2.75, 3.05) is 12.4 Å². The number of hydrogen-bond donors (Lipinski definition) is 1. The summed E-state index contributed by atoms with van der Waals surface area (Å²) >= 11 is 0. The molecular weight excluding hydrogens is 413 g/mol. The predicted octanol–water partition coefficient (Wildman–Crippen LogP) is 3.24. The fraction of sp³-hybridized carbons (Fsp3) is 0.217. The number of methoxy groups -OCH3 is 1. The molecule has 2 aromatic heterocycles. The lowest BCUT2D eigenvalue weighted by molar-refractivity contribution is -0.116. The molecule has 1 amide bonds. The van der Waals surface area contributed by atoms with Crippen LogP contribution in [0, 0.1) is 11.7 Å². The molecule has 0 saturated carbocycles. The third-order valence-electron chi connectivity index (χ3n) is 5.07. The quantitative estimate of drug-likeness (QED) is 0.481. The average molecular weight is 435 g/mol. The molecule has 0 fully saturated rings. The van der Waals surface area contributed by atoms with Gasteiger partial charge in [0.2, 0.25) is 11.6 Å². The Balaban J connectivity index is 1.46. The fourth-order valence-electron chi connectivity index (χ4n) is 3.49. The van der Waals surface area contributed by atoms with E-state index in [4.69, 9.17) is 4.74 Å². The van der Waals surface area contributed by atoms with Crippen molar-refractivity contribution in [3.63, 3.8) is 0 Å². The lowest BCUT2D eigenvalue weighted by atomic mass is 10.0. The Bertz CT molecular complexity index is 1310. The molecular formula is C23H22FN5O3. The van der Waals surface area contributed by atoms with Gasteiger partial charge in [0.05, 0.1) is 12.8 Å². The third-order valence-corrected chi connectivity index (χ3v) is 5.07. The van der Waals surface area contributed by atoms with Crippen LogP contribution in [-0.2, 0) is 11.2 Å². The summed E-state index contributed by atoms with van der Waals surface area (Å²) in [5.74, 6) is 0.703. The summed E-state index contributed by atoms with van der Waals surface area (Å²) in [6.45, 7) is 1.93. The van der Waals surface area contributed by atoms with E-state index in [9.17, 15) is 14.0 Å². The molecule has 0 aliphatic carbocycles. The van der Waals surface area contributed by atoms with Crippen molar-refractivity contribution in [1.29, 1.82) is 0 Å². The summed E-state index contributed by atoms with van der Waals surface area (Å²) in [6, 6.07) is 12.9. The van der Waals surface area contributed by atoms with Gasteiger partial charge in [-0.05, 0) is 48.4 Å². The second kappa shape index (κ2) is 9.01. The zero-order valence-corrected chi connectivity index (χ0v) is 17.7. The lowest BCUT2D eigenvalue weighted by Crippen LogP contribution is -2.21. The number of aromatic nitrogens is 4. The minimum atomic E-state index is -0.432. The Morgan fingerprint density at radius 2 is 1.94 bits per heavy atom. The van der Waals surface area contributed by atoms with Gasteiger partial charge in [-0.15, -0.1) is 10.2 Å². The summed E-state index contributed by atoms with van der Waals surface area (Å²) in [7, 11) is 1.58. The summed E-state index contributed by atoms with van der Waals surface area (Å²) in [4.78, 5) is 25.2. The largest absolute Gasteiger partial charge is 0.497 e. The van der Waals surface area contributed by atoms with E-state index in [2.05, 4.69) is 15.5 Å². The summed E-state index contributed by atoms with van der Waals surface area (Å²) < 4.78 is 21.6. The molecule has 4 rings (SSSR count). The monoisotopic (exact) mass is 435 g/mol. The summed E-state index contributed by atoms with van der Waals surface area (Å²) in [5.41, 5.74) is 0.836. The highest BCUT2D eigenvalue weighted by molar-refractivity contribution is 5.90. The van der Waals surface area contributed by atoms with Crippen molar-refractivity contribution in [2.24, 2.45) is 5.92 Å². The molecule has 164 valence electrons. The van der Waals surface area contributed by atoms with Crippen LogP contribution in [0.2, 0.25) is 0 Å². The molecule has 0 aliphatic heterocycles. The van der Waals surface area contributed by atoms with E-state index in [-0.39, 0.29) is 23.9 Å². The van der Waals surface area contributed by atoms with E-state index < -0.39 is 11.4 Å². The second-order valence-electron chi connectivity index (χ2n) is 7.55. The number of nitrogens with zero attached hydrogens (tertiary/aromatic N) is 4. The number of hydrogen-bond acceptors (Lipinski definition) is 5. The first-order valence-corrected chi connectivity index (χ1v) is 10.1. The van der Waals surface area contributed by atoms with Gasteiger partial charge in [0.15, 0.2) is 0 Å². The number of nitrogens with one attached hydrogen (secondary N) is 1. The molecule has 9 heteroatoms. The van der Waals surface area contributed by atoms with Crippen molar-refractivity contribution < 1.29 is 13.9 Å². The van der Waals surface area contributed by atoms with Gasteiger partial charge in [0, 0.05) is 30.9 Å². The molecule has 0 spiro atoms. The van der Waals surface area contributed by atoms with Crippen molar-refractivity contribution in [3.8, 4) is 11.4 Å². The minimum Gasteiger partial charge on any atom is -0.497 e. The molecule has 0 aliphatic rings. The Hall–Kier alpha value is -4.01. The molecule has 2 heterocycles. The van der Waals surface area contributed by atoms with Gasteiger partial charge in [0.25, 0.3) is 0 Å². The van der Waals surface area contributed by atoms with Crippen LogP contribution >= 0.6 is 0 Å². The maximum atomic E-state index is 13.5. The SMILES string of the molecule is COc1ccc(NC(=O)C[C@@H](C)Cc2nnc3c(=O)n(-c4cccc(F)c4)ccn23)cc1. The maximum absolute atomic E-state index is 13.5. The smallest absolute Gasteiger partial charge is 0.300 e. The van der Waals surface area contributed by atoms with Gasteiger partial charge >= 0.3 is 5.56 Å². The Morgan fingerprint density at radius 1 is 1.16 bits per heavy atom. The standard InChI is InChI=1S/C23H22FN5O3/c1-15(13-21(30)25-17-6-8-19(32-2)9-7-17)12-20-26-27-22-23(31)28(10-11-29(20)22)18-5-3-4-16(24)14-18/h3-11,14-15H,12-13H2,1-2H3,(H,25,30)/t15-/m0/s1. The number of amides is 1. The van der Waals surface area contributed by atoms with Crippen LogP contribution in [0.5, 0.6) is 5.75 Å². The van der Waals surface area contributed by atoms with Gasteiger partial charge in [-0.2, -0.15) is 0 Å². The molecule has 32 heavy (non-hydrogen) atoms. The number of fused-ring (bicyclic) bond motifs is 1. The van der Waals surface area contributed by atoms with Crippen molar-refractivity contribution in [2.45, 2.75) is 19.8 Å². The van der Waals surface area contributed by atoms with Crippen molar-refractivity contribution in [1.82, 2.24) is 19.2 Å². The minimum absolute atomic E-state index is 0.0358. The number of anilines is 1. The van der Waals surface area contributed by atoms with Crippen LogP contribution in [0.25, 0.3) is 11.3 Å². The highest BCUT2D eigenvalue weighted by atomic mass is 19.1. The van der Waals surface area contributed by atoms with E-state index in [1.807, 2.05) is 6.92 Å². The van der Waals surface area contributed by atoms with Crippen LogP contribution < -0.4 is 15.6 Å². The van der Waals surface area contributed by atoms with Gasteiger partial charge in [-0.3, -0.25) is 18.6 Å². The first kappa shape index (κ1) is 21.2. The third kappa shape index (κ3) is 4.51. The number of rotatable bonds is 7. The van der Waals surface area contributed by atoms with E-state index in [1.165, 1.54) is 22.8 Å². The van der Waals surface area contributed by atoms with Crippen molar-refractivity contribution in [3.05, 3.63) is 82.9 Å². The first-order valence-electron chi connectivity index (χ1n) is 10.1. The second-order valence-corrected chi connectivity index (χ2v) is 7.55. The Labute approximate surface area is 183 Å². The zero-order chi connectivity index (χ0) is 22.7. The molecule has 1 atom stereocenters. The molecule has 0 unspecified atom stereocenters. The molecule has 4 aromatic rings. The highest BCUT2D eigenvalue weighted by Gasteiger charge is 2.16. The van der Waals surface area contributed by atoms with E-state index in [0.717, 1.165) is 0 Å². The van der Waals surface area contributed by atoms with Crippen LogP contribution in [0.15, 0.2) is 65.7 Å².